The Kier molecular flexibility index (Phi) is 12.7. The van der Waals surface area contributed by atoms with Gasteiger partial charge in [-0.2, -0.15) is 0 Å². The minimum Gasteiger partial charge on any atom is -0.480 e. The Hall–Kier alpha value is -5.58. The van der Waals surface area contributed by atoms with E-state index in [2.05, 4.69) is 25.9 Å². The van der Waals surface area contributed by atoms with E-state index in [4.69, 9.17) is 5.73 Å². The third kappa shape index (κ3) is 9.10. The SMILES string of the molecule is NCCCC[C@H](NC(=O)[C@H](Cc1c[nH]cn1)NC(c1ccccc1)(c1ccccc1)c1ccccc1)C(=O)N[C@@H](Cc1ccccc1)C(=O)O. The molecule has 0 aliphatic carbocycles. The van der Waals surface area contributed by atoms with Crippen LogP contribution in [0.3, 0.4) is 0 Å². The predicted molar refractivity (Wildman–Crippen MR) is 193 cm³/mol. The molecular weight excluding hydrogens is 628 g/mol. The largest absolute Gasteiger partial charge is 0.480 e. The number of carbonyl (C=O) groups excluding carboxylic acids is 2. The molecule has 1 aromatic heterocycles. The van der Waals surface area contributed by atoms with Gasteiger partial charge >= 0.3 is 5.97 Å². The van der Waals surface area contributed by atoms with Crippen molar-refractivity contribution in [3.63, 3.8) is 0 Å². The third-order valence-corrected chi connectivity index (χ3v) is 8.77. The molecule has 0 aliphatic heterocycles. The van der Waals surface area contributed by atoms with Crippen LogP contribution in [0.2, 0.25) is 0 Å². The van der Waals surface area contributed by atoms with Crippen LogP contribution in [0.4, 0.5) is 0 Å². The van der Waals surface area contributed by atoms with Gasteiger partial charge in [0.2, 0.25) is 11.8 Å². The number of nitrogens with zero attached hydrogens (tertiary/aromatic N) is 1. The van der Waals surface area contributed by atoms with Crippen molar-refractivity contribution < 1.29 is 19.5 Å². The first-order valence-corrected chi connectivity index (χ1v) is 16.9. The van der Waals surface area contributed by atoms with Gasteiger partial charge in [-0.25, -0.2) is 9.78 Å². The second kappa shape index (κ2) is 17.7. The van der Waals surface area contributed by atoms with E-state index in [0.29, 0.717) is 25.1 Å². The first kappa shape index (κ1) is 35.7. The standard InChI is InChI=1S/C40H44N6O4/c41-24-14-13-23-34(37(47)45-36(39(49)50)25-29-15-5-1-6-16-29)44-38(48)35(26-33-27-42-28-43-33)46-40(30-17-7-2-8-18-30,31-19-9-3-10-20-31)32-21-11-4-12-22-32/h1-12,15-22,27-28,34-36,46H,13-14,23-26,41H2,(H,42,43)(H,44,48)(H,45,47)(H,49,50)/t34-,35-,36-/m0/s1. The predicted octanol–water partition coefficient (Wildman–Crippen LogP) is 4.33. The van der Waals surface area contributed by atoms with Crippen LogP contribution in [0.25, 0.3) is 0 Å². The van der Waals surface area contributed by atoms with Gasteiger partial charge in [-0.05, 0) is 48.1 Å². The lowest BCUT2D eigenvalue weighted by Gasteiger charge is -2.40. The number of H-pyrrole nitrogens is 1. The summed E-state index contributed by atoms with van der Waals surface area (Å²) < 4.78 is 0. The van der Waals surface area contributed by atoms with Crippen LogP contribution in [0.1, 0.15) is 47.2 Å². The maximum Gasteiger partial charge on any atom is 0.326 e. The summed E-state index contributed by atoms with van der Waals surface area (Å²) in [5, 5.41) is 19.4. The number of hydrogen-bond donors (Lipinski definition) is 6. The Morgan fingerprint density at radius 3 is 1.66 bits per heavy atom. The summed E-state index contributed by atoms with van der Waals surface area (Å²) in [7, 11) is 0. The summed E-state index contributed by atoms with van der Waals surface area (Å²) >= 11 is 0. The first-order chi connectivity index (χ1) is 24.4. The Bertz CT molecular complexity index is 1670. The number of carboxylic acid groups (broad SMARTS) is 1. The average Bonchev–Trinajstić information content (AvgIpc) is 3.67. The number of aliphatic carboxylic acids is 1. The van der Waals surface area contributed by atoms with E-state index in [1.807, 2.05) is 121 Å². The van der Waals surface area contributed by atoms with E-state index in [9.17, 15) is 19.5 Å². The van der Waals surface area contributed by atoms with Crippen molar-refractivity contribution in [1.82, 2.24) is 25.9 Å². The molecule has 10 heteroatoms. The molecule has 3 atom stereocenters. The van der Waals surface area contributed by atoms with Crippen molar-refractivity contribution in [3.05, 3.63) is 162 Å². The van der Waals surface area contributed by atoms with Crippen molar-refractivity contribution in [1.29, 1.82) is 0 Å². The molecule has 10 nitrogen and oxygen atoms in total. The topological polar surface area (TPSA) is 162 Å². The van der Waals surface area contributed by atoms with Gasteiger partial charge in [0.15, 0.2) is 0 Å². The van der Waals surface area contributed by atoms with Crippen molar-refractivity contribution >= 4 is 17.8 Å². The number of amides is 2. The van der Waals surface area contributed by atoms with Crippen LogP contribution < -0.4 is 21.7 Å². The molecule has 258 valence electrons. The van der Waals surface area contributed by atoms with E-state index in [1.54, 1.807) is 12.5 Å². The van der Waals surface area contributed by atoms with Gasteiger partial charge in [-0.15, -0.1) is 0 Å². The number of carbonyl (C=O) groups is 3. The molecule has 5 aromatic rings. The van der Waals surface area contributed by atoms with Crippen molar-refractivity contribution in [2.24, 2.45) is 5.73 Å². The maximum absolute atomic E-state index is 14.6. The van der Waals surface area contributed by atoms with E-state index in [0.717, 1.165) is 22.3 Å². The van der Waals surface area contributed by atoms with Gasteiger partial charge in [-0.3, -0.25) is 14.9 Å². The number of nitrogens with two attached hydrogens (primary N) is 1. The highest BCUT2D eigenvalue weighted by Gasteiger charge is 2.40. The fourth-order valence-corrected chi connectivity index (χ4v) is 6.25. The number of unbranched alkanes of at least 4 members (excludes halogenated alkanes) is 1. The molecule has 0 bridgehead atoms. The number of carboxylic acids is 1. The highest BCUT2D eigenvalue weighted by Crippen LogP contribution is 2.37. The van der Waals surface area contributed by atoms with Crippen molar-refractivity contribution in [2.45, 2.75) is 55.8 Å². The lowest BCUT2D eigenvalue weighted by Crippen LogP contribution is -2.59. The molecule has 0 fully saturated rings. The molecule has 1 heterocycles. The van der Waals surface area contributed by atoms with Crippen LogP contribution in [-0.2, 0) is 32.8 Å². The molecule has 0 radical (unpaired) electrons. The zero-order chi connectivity index (χ0) is 35.2. The summed E-state index contributed by atoms with van der Waals surface area (Å²) in [6, 6.07) is 35.8. The summed E-state index contributed by atoms with van der Waals surface area (Å²) in [5.41, 5.74) is 8.96. The number of imidazole rings is 1. The minimum absolute atomic E-state index is 0.0997. The number of nitrogens with one attached hydrogen (secondary N) is 4. The van der Waals surface area contributed by atoms with Crippen molar-refractivity contribution in [2.75, 3.05) is 6.54 Å². The van der Waals surface area contributed by atoms with E-state index >= 15 is 0 Å². The molecular formula is C40H44N6O4. The molecule has 0 spiro atoms. The zero-order valence-corrected chi connectivity index (χ0v) is 27.9. The van der Waals surface area contributed by atoms with Gasteiger partial charge in [0, 0.05) is 19.0 Å². The van der Waals surface area contributed by atoms with Gasteiger partial charge in [-0.1, -0.05) is 121 Å². The Balaban J connectivity index is 1.51. The zero-order valence-electron chi connectivity index (χ0n) is 27.9. The first-order valence-electron chi connectivity index (χ1n) is 16.9. The number of hydrogen-bond acceptors (Lipinski definition) is 6. The molecule has 4 aromatic carbocycles. The third-order valence-electron chi connectivity index (χ3n) is 8.77. The molecule has 2 amide bonds. The minimum atomic E-state index is -1.18. The van der Waals surface area contributed by atoms with Gasteiger partial charge in [0.1, 0.15) is 12.1 Å². The van der Waals surface area contributed by atoms with Crippen molar-refractivity contribution in [3.8, 4) is 0 Å². The van der Waals surface area contributed by atoms with Gasteiger partial charge < -0.3 is 26.5 Å². The van der Waals surface area contributed by atoms with E-state index in [1.165, 1.54) is 0 Å². The monoisotopic (exact) mass is 672 g/mol. The fourth-order valence-electron chi connectivity index (χ4n) is 6.25. The second-order valence-electron chi connectivity index (χ2n) is 12.2. The average molecular weight is 673 g/mol. The highest BCUT2D eigenvalue weighted by atomic mass is 16.4. The molecule has 50 heavy (non-hydrogen) atoms. The Morgan fingerprint density at radius 2 is 1.18 bits per heavy atom. The quantitative estimate of drug-likeness (QED) is 0.0597. The highest BCUT2D eigenvalue weighted by molar-refractivity contribution is 5.92. The van der Waals surface area contributed by atoms with Crippen LogP contribution in [0, 0.1) is 0 Å². The Morgan fingerprint density at radius 1 is 0.680 bits per heavy atom. The molecule has 5 rings (SSSR count). The number of rotatable bonds is 18. The summed E-state index contributed by atoms with van der Waals surface area (Å²) in [6.45, 7) is 0.422. The summed E-state index contributed by atoms with van der Waals surface area (Å²) in [4.78, 5) is 48.0. The summed E-state index contributed by atoms with van der Waals surface area (Å²) in [6.07, 6.45) is 5.08. The number of aromatic nitrogens is 2. The summed E-state index contributed by atoms with van der Waals surface area (Å²) in [5.74, 6) is -2.16. The normalized spacial score (nSPS) is 13.1. The van der Waals surface area contributed by atoms with E-state index in [-0.39, 0.29) is 19.3 Å². The van der Waals surface area contributed by atoms with Gasteiger partial charge in [0.05, 0.1) is 23.6 Å². The molecule has 0 aliphatic rings. The Labute approximate surface area is 292 Å². The molecule has 0 saturated carbocycles. The smallest absolute Gasteiger partial charge is 0.326 e. The molecule has 0 saturated heterocycles. The lowest BCUT2D eigenvalue weighted by molar-refractivity contribution is -0.142. The van der Waals surface area contributed by atoms with Crippen LogP contribution in [0.5, 0.6) is 0 Å². The van der Waals surface area contributed by atoms with Crippen LogP contribution >= 0.6 is 0 Å². The number of aromatic amines is 1. The maximum atomic E-state index is 14.6. The second-order valence-corrected chi connectivity index (χ2v) is 12.2. The molecule has 0 unspecified atom stereocenters. The molecule has 7 N–H and O–H groups in total. The fraction of sp³-hybridized carbons (Fsp3) is 0.250. The lowest BCUT2D eigenvalue weighted by atomic mass is 9.76. The van der Waals surface area contributed by atoms with Crippen LogP contribution in [-0.4, -0.2) is 57.5 Å². The van der Waals surface area contributed by atoms with E-state index < -0.39 is 41.4 Å². The van der Waals surface area contributed by atoms with Gasteiger partial charge in [0.25, 0.3) is 0 Å². The van der Waals surface area contributed by atoms with Crippen LogP contribution in [0.15, 0.2) is 134 Å². The number of benzene rings is 4.